The molecule has 3 rings (SSSR count). The van der Waals surface area contributed by atoms with Crippen LogP contribution in [0, 0.1) is 5.92 Å². The van der Waals surface area contributed by atoms with E-state index in [0.717, 1.165) is 38.6 Å². The summed E-state index contributed by atoms with van der Waals surface area (Å²) in [5.74, 6) is 0.879. The molecule has 1 atom stereocenters. The number of nitrogens with one attached hydrogen (secondary N) is 1. The van der Waals surface area contributed by atoms with Gasteiger partial charge in [-0.05, 0) is 44.0 Å². The molecule has 0 amide bonds. The van der Waals surface area contributed by atoms with Crippen molar-refractivity contribution in [3.63, 3.8) is 0 Å². The third kappa shape index (κ3) is 4.02. The predicted octanol–water partition coefficient (Wildman–Crippen LogP) is 1.76. The largest absolute Gasteiger partial charge is 0.314 e. The van der Waals surface area contributed by atoms with Crippen LogP contribution < -0.4 is 5.32 Å². The number of aromatic nitrogens is 1. The van der Waals surface area contributed by atoms with Crippen molar-refractivity contribution in [1.29, 1.82) is 0 Å². The molecule has 1 aromatic rings. The highest BCUT2D eigenvalue weighted by atomic mass is 15.2. The van der Waals surface area contributed by atoms with Gasteiger partial charge in [-0.3, -0.25) is 14.8 Å². The number of rotatable bonds is 4. The quantitative estimate of drug-likeness (QED) is 0.915. The Morgan fingerprint density at radius 2 is 1.95 bits per heavy atom. The van der Waals surface area contributed by atoms with Crippen LogP contribution in [0.5, 0.6) is 0 Å². The van der Waals surface area contributed by atoms with E-state index < -0.39 is 0 Å². The number of piperidine rings is 1. The number of hydrogen-bond acceptors (Lipinski definition) is 4. The molecule has 4 nitrogen and oxygen atoms in total. The summed E-state index contributed by atoms with van der Waals surface area (Å²) in [6, 6.07) is 6.80. The van der Waals surface area contributed by atoms with Gasteiger partial charge < -0.3 is 5.32 Å². The first-order valence-electron chi connectivity index (χ1n) is 8.41. The van der Waals surface area contributed by atoms with Crippen molar-refractivity contribution in [3.05, 3.63) is 30.1 Å². The first-order valence-corrected chi connectivity index (χ1v) is 8.41. The SMILES string of the molecule is CC1CCN(C(CN2CCNCC2)c2ccccn2)CC1. The van der Waals surface area contributed by atoms with Gasteiger partial charge in [0.15, 0.2) is 0 Å². The van der Waals surface area contributed by atoms with E-state index in [9.17, 15) is 0 Å². The second-order valence-corrected chi connectivity index (χ2v) is 6.54. The Kier molecular flexibility index (Phi) is 5.22. The first-order chi connectivity index (χ1) is 10.3. The van der Waals surface area contributed by atoms with Gasteiger partial charge in [-0.25, -0.2) is 0 Å². The maximum absolute atomic E-state index is 4.65. The Bertz CT molecular complexity index is 408. The Labute approximate surface area is 128 Å². The summed E-state index contributed by atoms with van der Waals surface area (Å²) in [5, 5.41) is 3.44. The summed E-state index contributed by atoms with van der Waals surface area (Å²) >= 11 is 0. The molecule has 0 saturated carbocycles. The van der Waals surface area contributed by atoms with Crippen LogP contribution in [0.1, 0.15) is 31.5 Å². The molecule has 0 aromatic carbocycles. The normalized spacial score (nSPS) is 24.0. The molecule has 2 aliphatic heterocycles. The minimum atomic E-state index is 0.455. The molecular weight excluding hydrogens is 260 g/mol. The zero-order valence-corrected chi connectivity index (χ0v) is 13.2. The average molecular weight is 288 g/mol. The van der Waals surface area contributed by atoms with Crippen molar-refractivity contribution in [2.24, 2.45) is 5.92 Å². The highest BCUT2D eigenvalue weighted by Gasteiger charge is 2.27. The van der Waals surface area contributed by atoms with Crippen molar-refractivity contribution < 1.29 is 0 Å². The molecule has 1 N–H and O–H groups in total. The van der Waals surface area contributed by atoms with E-state index in [2.05, 4.69) is 39.2 Å². The highest BCUT2D eigenvalue weighted by Crippen LogP contribution is 2.26. The molecule has 1 aromatic heterocycles. The highest BCUT2D eigenvalue weighted by molar-refractivity contribution is 5.10. The summed E-state index contributed by atoms with van der Waals surface area (Å²) in [5.41, 5.74) is 1.24. The van der Waals surface area contributed by atoms with Crippen LogP contribution in [-0.2, 0) is 0 Å². The van der Waals surface area contributed by atoms with Crippen molar-refractivity contribution in [2.75, 3.05) is 45.8 Å². The van der Waals surface area contributed by atoms with Gasteiger partial charge in [-0.15, -0.1) is 0 Å². The van der Waals surface area contributed by atoms with E-state index in [1.54, 1.807) is 0 Å². The van der Waals surface area contributed by atoms with Crippen LogP contribution in [0.25, 0.3) is 0 Å². The Morgan fingerprint density at radius 1 is 1.19 bits per heavy atom. The van der Waals surface area contributed by atoms with Gasteiger partial charge in [-0.1, -0.05) is 13.0 Å². The molecule has 0 radical (unpaired) electrons. The van der Waals surface area contributed by atoms with Crippen molar-refractivity contribution >= 4 is 0 Å². The van der Waals surface area contributed by atoms with Gasteiger partial charge in [-0.2, -0.15) is 0 Å². The van der Waals surface area contributed by atoms with E-state index in [4.69, 9.17) is 0 Å². The van der Waals surface area contributed by atoms with E-state index in [-0.39, 0.29) is 0 Å². The zero-order valence-electron chi connectivity index (χ0n) is 13.2. The third-order valence-electron chi connectivity index (χ3n) is 4.93. The Morgan fingerprint density at radius 3 is 2.62 bits per heavy atom. The first kappa shape index (κ1) is 14.9. The summed E-state index contributed by atoms with van der Waals surface area (Å²) in [6.07, 6.45) is 4.59. The fourth-order valence-electron chi connectivity index (χ4n) is 3.45. The molecule has 3 heterocycles. The minimum absolute atomic E-state index is 0.455. The van der Waals surface area contributed by atoms with Crippen molar-refractivity contribution in [3.8, 4) is 0 Å². The summed E-state index contributed by atoms with van der Waals surface area (Å²) in [6.45, 7) is 10.5. The third-order valence-corrected chi connectivity index (χ3v) is 4.93. The standard InChI is InChI=1S/C17H28N4/c1-15-5-10-21(11-6-15)17(16-4-2-3-7-19-16)14-20-12-8-18-9-13-20/h2-4,7,15,17-18H,5-6,8-14H2,1H3. The van der Waals surface area contributed by atoms with Gasteiger partial charge in [0.1, 0.15) is 0 Å². The molecule has 0 bridgehead atoms. The van der Waals surface area contributed by atoms with Gasteiger partial charge >= 0.3 is 0 Å². The molecule has 2 aliphatic rings. The monoisotopic (exact) mass is 288 g/mol. The lowest BCUT2D eigenvalue weighted by Gasteiger charge is -2.39. The molecule has 2 fully saturated rings. The van der Waals surface area contributed by atoms with Crippen molar-refractivity contribution in [2.45, 2.75) is 25.8 Å². The Hall–Kier alpha value is -0.970. The molecular formula is C17H28N4. The van der Waals surface area contributed by atoms with Gasteiger partial charge in [0.05, 0.1) is 11.7 Å². The molecule has 21 heavy (non-hydrogen) atoms. The van der Waals surface area contributed by atoms with Gasteiger partial charge in [0.2, 0.25) is 0 Å². The second-order valence-electron chi connectivity index (χ2n) is 6.54. The fourth-order valence-corrected chi connectivity index (χ4v) is 3.45. The van der Waals surface area contributed by atoms with Crippen molar-refractivity contribution in [1.82, 2.24) is 20.1 Å². The van der Waals surface area contributed by atoms with Crippen LogP contribution in [0.15, 0.2) is 24.4 Å². The van der Waals surface area contributed by atoms with E-state index >= 15 is 0 Å². The second kappa shape index (κ2) is 7.34. The molecule has 1 unspecified atom stereocenters. The Balaban J connectivity index is 1.71. The molecule has 0 aliphatic carbocycles. The summed E-state index contributed by atoms with van der Waals surface area (Å²) < 4.78 is 0. The number of piperazine rings is 1. The molecule has 116 valence electrons. The summed E-state index contributed by atoms with van der Waals surface area (Å²) in [7, 11) is 0. The molecule has 0 spiro atoms. The van der Waals surface area contributed by atoms with E-state index in [1.165, 1.54) is 31.6 Å². The molecule has 2 saturated heterocycles. The number of hydrogen-bond donors (Lipinski definition) is 1. The predicted molar refractivity (Wildman–Crippen MR) is 86.3 cm³/mol. The lowest BCUT2D eigenvalue weighted by molar-refractivity contribution is 0.0947. The van der Waals surface area contributed by atoms with Crippen LogP contribution in [-0.4, -0.2) is 60.6 Å². The van der Waals surface area contributed by atoms with E-state index in [1.807, 2.05) is 12.3 Å². The average Bonchev–Trinajstić information content (AvgIpc) is 2.55. The number of pyridine rings is 1. The lowest BCUT2D eigenvalue weighted by atomic mass is 9.97. The van der Waals surface area contributed by atoms with Gasteiger partial charge in [0.25, 0.3) is 0 Å². The molecule has 4 heteroatoms. The zero-order chi connectivity index (χ0) is 14.5. The lowest BCUT2D eigenvalue weighted by Crippen LogP contribution is -2.48. The summed E-state index contributed by atoms with van der Waals surface area (Å²) in [4.78, 5) is 9.90. The van der Waals surface area contributed by atoms with Crippen LogP contribution in [0.3, 0.4) is 0 Å². The van der Waals surface area contributed by atoms with Crippen LogP contribution in [0.2, 0.25) is 0 Å². The topological polar surface area (TPSA) is 31.4 Å². The van der Waals surface area contributed by atoms with E-state index in [0.29, 0.717) is 6.04 Å². The van der Waals surface area contributed by atoms with Crippen LogP contribution in [0.4, 0.5) is 0 Å². The number of nitrogens with zero attached hydrogens (tertiary/aromatic N) is 3. The van der Waals surface area contributed by atoms with Gasteiger partial charge in [0, 0.05) is 38.9 Å². The smallest absolute Gasteiger partial charge is 0.0649 e. The fraction of sp³-hybridized carbons (Fsp3) is 0.706. The number of likely N-dealkylation sites (tertiary alicyclic amines) is 1. The van der Waals surface area contributed by atoms with Crippen LogP contribution >= 0.6 is 0 Å². The maximum atomic E-state index is 4.65. The minimum Gasteiger partial charge on any atom is -0.314 e. The maximum Gasteiger partial charge on any atom is 0.0649 e.